The number of aromatic nitrogens is 2. The van der Waals surface area contributed by atoms with E-state index in [9.17, 15) is 9.18 Å². The Kier molecular flexibility index (Phi) is 5.38. The van der Waals surface area contributed by atoms with Crippen LogP contribution >= 0.6 is 23.2 Å². The molecule has 1 aromatic heterocycles. The van der Waals surface area contributed by atoms with Gasteiger partial charge in [-0.2, -0.15) is 0 Å². The molecule has 0 unspecified atom stereocenters. The predicted octanol–water partition coefficient (Wildman–Crippen LogP) is 5.15. The summed E-state index contributed by atoms with van der Waals surface area (Å²) in [6, 6.07) is 12.5. The average molecular weight is 417 g/mol. The Hall–Kier alpha value is -2.37. The van der Waals surface area contributed by atoms with Crippen LogP contribution in [0.5, 0.6) is 0 Å². The fourth-order valence-electron chi connectivity index (χ4n) is 3.30. The molecule has 4 nitrogen and oxygen atoms in total. The van der Waals surface area contributed by atoms with Crippen LogP contribution in [0.2, 0.25) is 10.0 Å². The molecule has 2 aromatic carbocycles. The second-order valence-electron chi connectivity index (χ2n) is 6.57. The highest BCUT2D eigenvalue weighted by molar-refractivity contribution is 6.33. The second-order valence-corrected chi connectivity index (χ2v) is 7.41. The molecule has 1 fully saturated rings. The van der Waals surface area contributed by atoms with Crippen molar-refractivity contribution in [1.82, 2.24) is 9.55 Å². The van der Waals surface area contributed by atoms with Gasteiger partial charge in [0.05, 0.1) is 10.7 Å². The molecular weight excluding hydrogens is 400 g/mol. The summed E-state index contributed by atoms with van der Waals surface area (Å²) in [5, 5.41) is 0.756. The van der Waals surface area contributed by atoms with E-state index in [4.69, 9.17) is 28.2 Å². The highest BCUT2D eigenvalue weighted by Crippen LogP contribution is 2.30. The maximum atomic E-state index is 13.6. The number of piperidine rings is 1. The van der Waals surface area contributed by atoms with E-state index in [0.29, 0.717) is 27.9 Å². The molecule has 1 aliphatic rings. The lowest BCUT2D eigenvalue weighted by Gasteiger charge is -2.28. The Morgan fingerprint density at radius 3 is 2.36 bits per heavy atom. The third-order valence-corrected chi connectivity index (χ3v) is 5.26. The lowest BCUT2D eigenvalue weighted by molar-refractivity contribution is 0.628. The number of halogens is 3. The van der Waals surface area contributed by atoms with Gasteiger partial charge < -0.3 is 4.90 Å². The van der Waals surface area contributed by atoms with Gasteiger partial charge in [-0.25, -0.2) is 9.37 Å². The molecule has 1 radical (unpaired) electrons. The SMILES string of the molecule is O=c1cc(N2CC[CH]CC2)nc(-c2ccc(F)cc2Cl)n1-c1ccc(Cl)cc1. The first kappa shape index (κ1) is 19.0. The molecular formula is C21H17Cl2FN3O. The van der Waals surface area contributed by atoms with Gasteiger partial charge in [0, 0.05) is 29.7 Å². The Balaban J connectivity index is 1.94. The summed E-state index contributed by atoms with van der Waals surface area (Å²) in [7, 11) is 0. The highest BCUT2D eigenvalue weighted by Gasteiger charge is 2.19. The van der Waals surface area contributed by atoms with Gasteiger partial charge in [-0.3, -0.25) is 9.36 Å². The summed E-state index contributed by atoms with van der Waals surface area (Å²) in [4.78, 5) is 19.9. The predicted molar refractivity (Wildman–Crippen MR) is 111 cm³/mol. The van der Waals surface area contributed by atoms with Crippen LogP contribution in [-0.2, 0) is 0 Å². The summed E-state index contributed by atoms with van der Waals surface area (Å²) in [5.74, 6) is 0.514. The molecule has 3 aromatic rings. The lowest BCUT2D eigenvalue weighted by Crippen LogP contribution is -2.33. The van der Waals surface area contributed by atoms with E-state index < -0.39 is 5.82 Å². The van der Waals surface area contributed by atoms with E-state index in [1.807, 2.05) is 0 Å². The van der Waals surface area contributed by atoms with Crippen molar-refractivity contribution in [3.05, 3.63) is 81.2 Å². The molecule has 143 valence electrons. The molecule has 0 amide bonds. The van der Waals surface area contributed by atoms with Crippen molar-refractivity contribution >= 4 is 29.0 Å². The van der Waals surface area contributed by atoms with E-state index in [1.54, 1.807) is 30.3 Å². The van der Waals surface area contributed by atoms with Gasteiger partial charge in [-0.15, -0.1) is 0 Å². The third-order valence-electron chi connectivity index (χ3n) is 4.69. The van der Waals surface area contributed by atoms with Gasteiger partial charge in [0.1, 0.15) is 11.6 Å². The number of anilines is 1. The minimum Gasteiger partial charge on any atom is -0.356 e. The number of hydrogen-bond donors (Lipinski definition) is 0. The molecule has 4 rings (SSSR count). The molecule has 2 heterocycles. The Bertz CT molecular complexity index is 1060. The summed E-state index contributed by atoms with van der Waals surface area (Å²) in [5.41, 5.74) is 0.855. The summed E-state index contributed by atoms with van der Waals surface area (Å²) in [6.07, 6.45) is 4.10. The Labute approximate surface area is 172 Å². The van der Waals surface area contributed by atoms with Crippen LogP contribution in [0, 0.1) is 12.2 Å². The highest BCUT2D eigenvalue weighted by atomic mass is 35.5. The smallest absolute Gasteiger partial charge is 0.260 e. The molecule has 0 saturated carbocycles. The fourth-order valence-corrected chi connectivity index (χ4v) is 3.68. The zero-order valence-electron chi connectivity index (χ0n) is 14.9. The summed E-state index contributed by atoms with van der Waals surface area (Å²) in [6.45, 7) is 1.60. The van der Waals surface area contributed by atoms with E-state index in [2.05, 4.69) is 11.3 Å². The maximum Gasteiger partial charge on any atom is 0.260 e. The molecule has 1 saturated heterocycles. The zero-order valence-corrected chi connectivity index (χ0v) is 16.4. The third kappa shape index (κ3) is 3.77. The topological polar surface area (TPSA) is 38.1 Å². The molecule has 0 atom stereocenters. The molecule has 0 N–H and O–H groups in total. The first-order valence-electron chi connectivity index (χ1n) is 8.95. The molecule has 7 heteroatoms. The van der Waals surface area contributed by atoms with Gasteiger partial charge in [0.25, 0.3) is 5.56 Å². The standard InChI is InChI=1S/C21H17Cl2FN3O/c22-14-4-7-16(8-5-14)27-20(28)13-19(26-10-2-1-3-11-26)25-21(27)17-9-6-15(24)12-18(17)23/h1,4-9,12-13H,2-3,10-11H2. The van der Waals surface area contributed by atoms with Crippen molar-refractivity contribution in [3.8, 4) is 17.1 Å². The van der Waals surface area contributed by atoms with Gasteiger partial charge in [-0.1, -0.05) is 23.2 Å². The van der Waals surface area contributed by atoms with Gasteiger partial charge in [0.2, 0.25) is 0 Å². The number of nitrogens with zero attached hydrogens (tertiary/aromatic N) is 3. The van der Waals surface area contributed by atoms with Crippen LogP contribution in [0.1, 0.15) is 12.8 Å². The van der Waals surface area contributed by atoms with Crippen molar-refractivity contribution in [3.63, 3.8) is 0 Å². The zero-order chi connectivity index (χ0) is 19.7. The fraction of sp³-hybridized carbons (Fsp3) is 0.190. The van der Waals surface area contributed by atoms with Crippen LogP contribution in [-0.4, -0.2) is 22.6 Å². The average Bonchev–Trinajstić information content (AvgIpc) is 2.69. The van der Waals surface area contributed by atoms with Crippen LogP contribution < -0.4 is 10.5 Å². The first-order chi connectivity index (χ1) is 13.5. The summed E-state index contributed by atoms with van der Waals surface area (Å²) < 4.78 is 15.0. The normalized spacial score (nSPS) is 14.3. The Morgan fingerprint density at radius 2 is 1.68 bits per heavy atom. The second kappa shape index (κ2) is 7.94. The minimum absolute atomic E-state index is 0.193. The van der Waals surface area contributed by atoms with Crippen molar-refractivity contribution in [2.75, 3.05) is 18.0 Å². The molecule has 0 bridgehead atoms. The van der Waals surface area contributed by atoms with Gasteiger partial charge in [-0.05, 0) is 61.7 Å². The van der Waals surface area contributed by atoms with E-state index in [0.717, 1.165) is 25.9 Å². The van der Waals surface area contributed by atoms with Crippen LogP contribution in [0.15, 0.2) is 53.3 Å². The largest absolute Gasteiger partial charge is 0.356 e. The lowest BCUT2D eigenvalue weighted by atomic mass is 10.1. The van der Waals surface area contributed by atoms with Crippen molar-refractivity contribution in [1.29, 1.82) is 0 Å². The van der Waals surface area contributed by atoms with E-state index in [-0.39, 0.29) is 10.6 Å². The number of benzene rings is 2. The monoisotopic (exact) mass is 416 g/mol. The minimum atomic E-state index is -0.447. The van der Waals surface area contributed by atoms with Crippen molar-refractivity contribution in [2.24, 2.45) is 0 Å². The van der Waals surface area contributed by atoms with Crippen molar-refractivity contribution in [2.45, 2.75) is 12.8 Å². The van der Waals surface area contributed by atoms with Crippen LogP contribution in [0.3, 0.4) is 0 Å². The molecule has 0 spiro atoms. The van der Waals surface area contributed by atoms with Crippen LogP contribution in [0.25, 0.3) is 17.1 Å². The van der Waals surface area contributed by atoms with Gasteiger partial charge in [0.15, 0.2) is 5.82 Å². The Morgan fingerprint density at radius 1 is 0.964 bits per heavy atom. The number of rotatable bonds is 3. The van der Waals surface area contributed by atoms with Crippen molar-refractivity contribution < 1.29 is 4.39 Å². The van der Waals surface area contributed by atoms with Gasteiger partial charge >= 0.3 is 0 Å². The molecule has 1 aliphatic heterocycles. The molecule has 0 aliphatic carbocycles. The number of hydrogen-bond acceptors (Lipinski definition) is 3. The summed E-state index contributed by atoms with van der Waals surface area (Å²) >= 11 is 12.3. The molecule has 28 heavy (non-hydrogen) atoms. The maximum absolute atomic E-state index is 13.6. The van der Waals surface area contributed by atoms with Crippen LogP contribution in [0.4, 0.5) is 10.2 Å². The van der Waals surface area contributed by atoms with E-state index >= 15 is 0 Å². The van der Waals surface area contributed by atoms with E-state index in [1.165, 1.54) is 22.8 Å². The first-order valence-corrected chi connectivity index (χ1v) is 9.70. The quantitative estimate of drug-likeness (QED) is 0.592.